The first-order valence-electron chi connectivity index (χ1n) is 4.87. The number of nitrogens with one attached hydrogen (secondary N) is 3. The predicted octanol–water partition coefficient (Wildman–Crippen LogP) is -0.630. The van der Waals surface area contributed by atoms with Crippen LogP contribution in [-0.4, -0.2) is 37.4 Å². The molecule has 0 radical (unpaired) electrons. The molecule has 0 amide bonds. The Morgan fingerprint density at radius 3 is 3.00 bits per heavy atom. The number of aromatic amines is 1. The summed E-state index contributed by atoms with van der Waals surface area (Å²) in [5, 5.41) is 9.19. The topological polar surface area (TPSA) is 62.2 Å². The number of nitrogens with zero attached hydrogens (tertiary/aromatic N) is 1. The zero-order valence-electron chi connectivity index (χ0n) is 8.93. The fraction of sp³-hybridized carbons (Fsp3) is 0.556. The standard InChI is InChI=1S/C9H15ClN4O/c1-14(2)5-3-4-11-7-6-12-13-9(15)8(7)10/h6H,3-5H2,1-2H3,(H2,11,13,15)/p+1. The minimum absolute atomic E-state index is 0.169. The second-order valence-electron chi connectivity index (χ2n) is 3.66. The van der Waals surface area contributed by atoms with Gasteiger partial charge in [0.25, 0.3) is 5.56 Å². The number of anilines is 1. The van der Waals surface area contributed by atoms with Crippen molar-refractivity contribution in [1.82, 2.24) is 10.2 Å². The van der Waals surface area contributed by atoms with Crippen LogP contribution in [0, 0.1) is 0 Å². The van der Waals surface area contributed by atoms with Gasteiger partial charge in [0, 0.05) is 13.0 Å². The van der Waals surface area contributed by atoms with Gasteiger partial charge in [-0.3, -0.25) is 4.79 Å². The lowest BCUT2D eigenvalue weighted by atomic mass is 10.4. The average molecular weight is 232 g/mol. The fourth-order valence-electron chi connectivity index (χ4n) is 1.17. The summed E-state index contributed by atoms with van der Waals surface area (Å²) in [7, 11) is 4.20. The van der Waals surface area contributed by atoms with Crippen LogP contribution < -0.4 is 15.8 Å². The molecule has 0 unspecified atom stereocenters. The van der Waals surface area contributed by atoms with Crippen LogP contribution in [0.1, 0.15) is 6.42 Å². The smallest absolute Gasteiger partial charge is 0.285 e. The molecule has 1 heterocycles. The maximum atomic E-state index is 11.1. The molecule has 0 aromatic carbocycles. The molecule has 1 aromatic heterocycles. The van der Waals surface area contributed by atoms with E-state index < -0.39 is 0 Å². The Labute approximate surface area is 93.4 Å². The SMILES string of the molecule is C[NH+](C)CCCNc1cn[nH]c(=O)c1Cl. The van der Waals surface area contributed by atoms with Crippen LogP contribution in [0.15, 0.2) is 11.0 Å². The Hall–Kier alpha value is -1.07. The second kappa shape index (κ2) is 5.72. The van der Waals surface area contributed by atoms with E-state index >= 15 is 0 Å². The van der Waals surface area contributed by atoms with E-state index in [0.29, 0.717) is 5.69 Å². The zero-order valence-corrected chi connectivity index (χ0v) is 9.69. The van der Waals surface area contributed by atoms with Gasteiger partial charge in [0.1, 0.15) is 5.02 Å². The van der Waals surface area contributed by atoms with Gasteiger partial charge in [-0.1, -0.05) is 11.6 Å². The largest absolute Gasteiger partial charge is 0.382 e. The third kappa shape index (κ3) is 3.89. The highest BCUT2D eigenvalue weighted by molar-refractivity contribution is 6.32. The van der Waals surface area contributed by atoms with Crippen molar-refractivity contribution in [2.75, 3.05) is 32.5 Å². The van der Waals surface area contributed by atoms with Crippen LogP contribution in [0.5, 0.6) is 0 Å². The van der Waals surface area contributed by atoms with Crippen molar-refractivity contribution >= 4 is 17.3 Å². The maximum Gasteiger partial charge on any atom is 0.285 e. The molecule has 0 aliphatic carbocycles. The molecule has 0 spiro atoms. The first kappa shape index (κ1) is 12.0. The Morgan fingerprint density at radius 1 is 1.60 bits per heavy atom. The highest BCUT2D eigenvalue weighted by Gasteiger charge is 2.03. The highest BCUT2D eigenvalue weighted by atomic mass is 35.5. The lowest BCUT2D eigenvalue weighted by Crippen LogP contribution is -3.05. The van der Waals surface area contributed by atoms with E-state index in [1.165, 1.54) is 11.1 Å². The molecule has 1 aromatic rings. The van der Waals surface area contributed by atoms with Crippen LogP contribution in [0.3, 0.4) is 0 Å². The van der Waals surface area contributed by atoms with Gasteiger partial charge in [0.05, 0.1) is 32.5 Å². The van der Waals surface area contributed by atoms with Gasteiger partial charge in [0.2, 0.25) is 0 Å². The number of halogens is 1. The van der Waals surface area contributed by atoms with Crippen molar-refractivity contribution in [3.8, 4) is 0 Å². The lowest BCUT2D eigenvalue weighted by Gasteiger charge is -2.08. The summed E-state index contributed by atoms with van der Waals surface area (Å²) in [5.41, 5.74) is 0.231. The van der Waals surface area contributed by atoms with Crippen molar-refractivity contribution < 1.29 is 4.90 Å². The zero-order chi connectivity index (χ0) is 11.3. The maximum absolute atomic E-state index is 11.1. The average Bonchev–Trinajstić information content (AvgIpc) is 2.18. The third-order valence-corrected chi connectivity index (χ3v) is 2.34. The van der Waals surface area contributed by atoms with E-state index in [1.807, 2.05) is 0 Å². The van der Waals surface area contributed by atoms with Crippen molar-refractivity contribution in [3.05, 3.63) is 21.6 Å². The van der Waals surface area contributed by atoms with Gasteiger partial charge in [-0.05, 0) is 0 Å². The van der Waals surface area contributed by atoms with Crippen LogP contribution in [0.2, 0.25) is 5.02 Å². The summed E-state index contributed by atoms with van der Waals surface area (Å²) >= 11 is 5.78. The highest BCUT2D eigenvalue weighted by Crippen LogP contribution is 2.13. The molecule has 84 valence electrons. The molecule has 6 heteroatoms. The molecule has 0 aliphatic heterocycles. The minimum Gasteiger partial charge on any atom is -0.382 e. The minimum atomic E-state index is -0.361. The normalized spacial score (nSPS) is 10.7. The summed E-state index contributed by atoms with van der Waals surface area (Å²) in [4.78, 5) is 12.5. The first-order valence-corrected chi connectivity index (χ1v) is 5.25. The molecule has 15 heavy (non-hydrogen) atoms. The predicted molar refractivity (Wildman–Crippen MR) is 60.7 cm³/mol. The molecule has 0 aliphatic rings. The number of quaternary nitrogens is 1. The molecular formula is C9H16ClN4O+. The summed E-state index contributed by atoms with van der Waals surface area (Å²) < 4.78 is 0. The lowest BCUT2D eigenvalue weighted by molar-refractivity contribution is -0.858. The van der Waals surface area contributed by atoms with E-state index in [9.17, 15) is 4.79 Å². The monoisotopic (exact) mass is 231 g/mol. The molecule has 5 nitrogen and oxygen atoms in total. The molecule has 0 atom stereocenters. The van der Waals surface area contributed by atoms with Crippen molar-refractivity contribution in [2.45, 2.75) is 6.42 Å². The Kier molecular flexibility index (Phi) is 4.58. The van der Waals surface area contributed by atoms with Gasteiger partial charge in [-0.15, -0.1) is 0 Å². The fourth-order valence-corrected chi connectivity index (χ4v) is 1.33. The Bertz CT molecular complexity index is 363. The number of hydrogen-bond acceptors (Lipinski definition) is 3. The Morgan fingerprint density at radius 2 is 2.33 bits per heavy atom. The van der Waals surface area contributed by atoms with E-state index in [-0.39, 0.29) is 10.6 Å². The van der Waals surface area contributed by atoms with E-state index in [0.717, 1.165) is 19.5 Å². The van der Waals surface area contributed by atoms with Crippen LogP contribution >= 0.6 is 11.6 Å². The van der Waals surface area contributed by atoms with Gasteiger partial charge in [0.15, 0.2) is 0 Å². The Balaban J connectivity index is 2.44. The van der Waals surface area contributed by atoms with Gasteiger partial charge >= 0.3 is 0 Å². The molecule has 0 saturated carbocycles. The number of rotatable bonds is 5. The van der Waals surface area contributed by atoms with Crippen molar-refractivity contribution in [2.24, 2.45) is 0 Å². The van der Waals surface area contributed by atoms with Crippen LogP contribution in [0.4, 0.5) is 5.69 Å². The number of H-pyrrole nitrogens is 1. The molecule has 0 fully saturated rings. The van der Waals surface area contributed by atoms with Crippen molar-refractivity contribution in [3.63, 3.8) is 0 Å². The summed E-state index contributed by atoms with van der Waals surface area (Å²) in [6, 6.07) is 0. The number of aromatic nitrogens is 2. The van der Waals surface area contributed by atoms with Gasteiger partial charge in [-0.2, -0.15) is 5.10 Å². The first-order chi connectivity index (χ1) is 7.11. The summed E-state index contributed by atoms with van der Waals surface area (Å²) in [6.45, 7) is 1.86. The quantitative estimate of drug-likeness (QED) is 0.592. The molecule has 0 saturated heterocycles. The molecule has 1 rings (SSSR count). The van der Waals surface area contributed by atoms with Gasteiger partial charge < -0.3 is 10.2 Å². The molecular weight excluding hydrogens is 216 g/mol. The van der Waals surface area contributed by atoms with Crippen LogP contribution in [0.25, 0.3) is 0 Å². The van der Waals surface area contributed by atoms with E-state index in [1.54, 1.807) is 0 Å². The van der Waals surface area contributed by atoms with Crippen LogP contribution in [-0.2, 0) is 0 Å². The summed E-state index contributed by atoms with van der Waals surface area (Å²) in [6.07, 6.45) is 2.54. The van der Waals surface area contributed by atoms with Crippen molar-refractivity contribution in [1.29, 1.82) is 0 Å². The second-order valence-corrected chi connectivity index (χ2v) is 4.04. The molecule has 3 N–H and O–H groups in total. The van der Waals surface area contributed by atoms with E-state index in [2.05, 4.69) is 29.6 Å². The third-order valence-electron chi connectivity index (χ3n) is 1.96. The number of hydrogen-bond donors (Lipinski definition) is 3. The van der Waals surface area contributed by atoms with E-state index in [4.69, 9.17) is 11.6 Å². The summed E-state index contributed by atoms with van der Waals surface area (Å²) in [5.74, 6) is 0. The van der Waals surface area contributed by atoms with Gasteiger partial charge in [-0.25, -0.2) is 5.10 Å². The molecule has 0 bridgehead atoms.